The Hall–Kier alpha value is -2.75. The quantitative estimate of drug-likeness (QED) is 0.509. The number of hydrogen-bond acceptors (Lipinski definition) is 7. The highest BCUT2D eigenvalue weighted by Crippen LogP contribution is 2.31. The number of nitrogens with zero attached hydrogens (tertiary/aromatic N) is 3. The molecule has 2 heterocycles. The van der Waals surface area contributed by atoms with Crippen molar-refractivity contribution in [3.63, 3.8) is 0 Å². The molecule has 10 heteroatoms. The molecule has 0 saturated carbocycles. The fourth-order valence-corrected chi connectivity index (χ4v) is 4.14. The topological polar surface area (TPSA) is 97.6 Å². The summed E-state index contributed by atoms with van der Waals surface area (Å²) in [4.78, 5) is 29.9. The predicted molar refractivity (Wildman–Crippen MR) is 109 cm³/mol. The first-order chi connectivity index (χ1) is 13.5. The van der Waals surface area contributed by atoms with Gasteiger partial charge in [-0.15, -0.1) is 0 Å². The Morgan fingerprint density at radius 2 is 2.04 bits per heavy atom. The fourth-order valence-electron chi connectivity index (χ4n) is 3.00. The molecule has 2 aromatic carbocycles. The van der Waals surface area contributed by atoms with Crippen molar-refractivity contribution < 1.29 is 14.5 Å². The number of aromatic nitrogens is 1. The molecule has 1 aliphatic rings. The van der Waals surface area contributed by atoms with E-state index in [1.807, 2.05) is 4.90 Å². The molecule has 3 aromatic rings. The summed E-state index contributed by atoms with van der Waals surface area (Å²) in [6, 6.07) is 9.75. The van der Waals surface area contributed by atoms with Gasteiger partial charge < -0.3 is 9.64 Å². The van der Waals surface area contributed by atoms with E-state index in [1.165, 1.54) is 17.4 Å². The summed E-state index contributed by atoms with van der Waals surface area (Å²) in [6.45, 7) is 2.17. The van der Waals surface area contributed by atoms with E-state index in [0.717, 1.165) is 10.2 Å². The number of thiazole rings is 1. The Kier molecular flexibility index (Phi) is 5.12. The number of benzene rings is 2. The van der Waals surface area contributed by atoms with Crippen molar-refractivity contribution in [2.24, 2.45) is 0 Å². The minimum atomic E-state index is -0.471. The van der Waals surface area contributed by atoms with Crippen LogP contribution in [0.1, 0.15) is 10.4 Å². The molecule has 0 spiro atoms. The van der Waals surface area contributed by atoms with Gasteiger partial charge in [-0.2, -0.15) is 0 Å². The number of amides is 1. The number of ether oxygens (including phenoxy) is 1. The Morgan fingerprint density at radius 3 is 2.79 bits per heavy atom. The van der Waals surface area contributed by atoms with Gasteiger partial charge in [-0.25, -0.2) is 4.98 Å². The molecule has 8 nitrogen and oxygen atoms in total. The van der Waals surface area contributed by atoms with Gasteiger partial charge in [0.15, 0.2) is 5.13 Å². The first-order valence-corrected chi connectivity index (χ1v) is 9.69. The molecule has 4 rings (SSSR count). The lowest BCUT2D eigenvalue weighted by Gasteiger charge is -2.28. The number of rotatable bonds is 4. The third-order valence-electron chi connectivity index (χ3n) is 4.36. The smallest absolute Gasteiger partial charge is 0.293 e. The largest absolute Gasteiger partial charge is 0.378 e. The highest BCUT2D eigenvalue weighted by atomic mass is 35.5. The van der Waals surface area contributed by atoms with Crippen LogP contribution in [0.25, 0.3) is 10.2 Å². The van der Waals surface area contributed by atoms with E-state index < -0.39 is 10.8 Å². The van der Waals surface area contributed by atoms with Gasteiger partial charge in [0.05, 0.1) is 28.4 Å². The van der Waals surface area contributed by atoms with Gasteiger partial charge in [-0.3, -0.25) is 20.2 Å². The standard InChI is InChI=1S/C18H15ClN4O4S/c19-12-2-3-13-16(10-12)28-18(20-13)21-17(24)11-1-4-14(15(9-11)23(25)26)22-5-7-27-8-6-22/h1-4,9-10H,5-8H2,(H,20,21,24). The van der Waals surface area contributed by atoms with Crippen LogP contribution in [0.3, 0.4) is 0 Å². The average molecular weight is 419 g/mol. The second-order valence-corrected chi connectivity index (χ2v) is 7.61. The first kappa shape index (κ1) is 18.6. The van der Waals surface area contributed by atoms with E-state index in [9.17, 15) is 14.9 Å². The van der Waals surface area contributed by atoms with Gasteiger partial charge in [-0.1, -0.05) is 22.9 Å². The Morgan fingerprint density at radius 1 is 1.25 bits per heavy atom. The van der Waals surface area contributed by atoms with Crippen LogP contribution < -0.4 is 10.2 Å². The average Bonchev–Trinajstić information content (AvgIpc) is 3.09. The molecule has 1 N–H and O–H groups in total. The highest BCUT2D eigenvalue weighted by Gasteiger charge is 2.23. The van der Waals surface area contributed by atoms with Crippen molar-refractivity contribution in [2.75, 3.05) is 36.5 Å². The van der Waals surface area contributed by atoms with Gasteiger partial charge in [0.2, 0.25) is 0 Å². The second kappa shape index (κ2) is 7.70. The van der Waals surface area contributed by atoms with Gasteiger partial charge in [0, 0.05) is 29.7 Å². The summed E-state index contributed by atoms with van der Waals surface area (Å²) >= 11 is 7.26. The molecular weight excluding hydrogens is 404 g/mol. The number of fused-ring (bicyclic) bond motifs is 1. The van der Waals surface area contributed by atoms with Crippen LogP contribution in [-0.4, -0.2) is 42.1 Å². The van der Waals surface area contributed by atoms with E-state index in [2.05, 4.69) is 10.3 Å². The molecule has 0 radical (unpaired) electrons. The number of nitrogens with one attached hydrogen (secondary N) is 1. The molecule has 0 atom stereocenters. The predicted octanol–water partition coefficient (Wildman–Crippen LogP) is 3.95. The number of anilines is 2. The van der Waals surface area contributed by atoms with Crippen LogP contribution in [-0.2, 0) is 4.74 Å². The van der Waals surface area contributed by atoms with Crippen LogP contribution in [0.5, 0.6) is 0 Å². The van der Waals surface area contributed by atoms with E-state index in [4.69, 9.17) is 16.3 Å². The van der Waals surface area contributed by atoms with Crippen molar-refractivity contribution >= 4 is 55.6 Å². The Balaban J connectivity index is 1.59. The fraction of sp³-hybridized carbons (Fsp3) is 0.222. The second-order valence-electron chi connectivity index (χ2n) is 6.15. The molecule has 1 aliphatic heterocycles. The zero-order valence-electron chi connectivity index (χ0n) is 14.6. The van der Waals surface area contributed by atoms with E-state index >= 15 is 0 Å². The Bertz CT molecular complexity index is 1060. The van der Waals surface area contributed by atoms with Crippen molar-refractivity contribution in [3.05, 3.63) is 57.1 Å². The number of nitro groups is 1. The monoisotopic (exact) mass is 418 g/mol. The summed E-state index contributed by atoms with van der Waals surface area (Å²) in [5.74, 6) is -0.457. The van der Waals surface area contributed by atoms with Crippen molar-refractivity contribution in [3.8, 4) is 0 Å². The molecular formula is C18H15ClN4O4S. The van der Waals surface area contributed by atoms with Gasteiger partial charge in [0.25, 0.3) is 11.6 Å². The van der Waals surface area contributed by atoms with E-state index in [-0.39, 0.29) is 11.3 Å². The third-order valence-corrected chi connectivity index (χ3v) is 5.53. The first-order valence-electron chi connectivity index (χ1n) is 8.50. The summed E-state index contributed by atoms with van der Waals surface area (Å²) in [7, 11) is 0. The van der Waals surface area contributed by atoms with E-state index in [1.54, 1.807) is 30.3 Å². The SMILES string of the molecule is O=C(Nc1nc2ccc(Cl)cc2s1)c1ccc(N2CCOCC2)c([N+](=O)[O-])c1. The lowest BCUT2D eigenvalue weighted by atomic mass is 10.1. The minimum Gasteiger partial charge on any atom is -0.378 e. The summed E-state index contributed by atoms with van der Waals surface area (Å²) in [6.07, 6.45) is 0. The molecule has 1 amide bonds. The zero-order chi connectivity index (χ0) is 19.7. The molecule has 0 unspecified atom stereocenters. The summed E-state index contributed by atoms with van der Waals surface area (Å²) < 4.78 is 6.14. The van der Waals surface area contributed by atoms with E-state index in [0.29, 0.717) is 42.1 Å². The third kappa shape index (κ3) is 3.77. The number of hydrogen-bond donors (Lipinski definition) is 1. The van der Waals surface area contributed by atoms with Crippen LogP contribution in [0.2, 0.25) is 5.02 Å². The molecule has 144 valence electrons. The molecule has 1 saturated heterocycles. The highest BCUT2D eigenvalue weighted by molar-refractivity contribution is 7.22. The maximum absolute atomic E-state index is 12.6. The number of halogens is 1. The maximum Gasteiger partial charge on any atom is 0.293 e. The minimum absolute atomic E-state index is 0.106. The van der Waals surface area contributed by atoms with Gasteiger partial charge >= 0.3 is 0 Å². The van der Waals surface area contributed by atoms with Crippen LogP contribution in [0.4, 0.5) is 16.5 Å². The normalized spacial score (nSPS) is 14.2. The number of carbonyl (C=O) groups excluding carboxylic acids is 1. The number of nitro benzene ring substituents is 1. The van der Waals surface area contributed by atoms with Gasteiger partial charge in [-0.05, 0) is 30.3 Å². The molecule has 1 aromatic heterocycles. The molecule has 28 heavy (non-hydrogen) atoms. The Labute approximate surface area is 168 Å². The lowest BCUT2D eigenvalue weighted by Crippen LogP contribution is -2.36. The van der Waals surface area contributed by atoms with Crippen LogP contribution >= 0.6 is 22.9 Å². The number of morpholine rings is 1. The molecule has 0 aliphatic carbocycles. The van der Waals surface area contributed by atoms with Crippen LogP contribution in [0, 0.1) is 10.1 Å². The summed E-state index contributed by atoms with van der Waals surface area (Å²) in [5.41, 5.74) is 1.30. The van der Waals surface area contributed by atoms with Crippen molar-refractivity contribution in [1.82, 2.24) is 4.98 Å². The maximum atomic E-state index is 12.6. The molecule has 1 fully saturated rings. The van der Waals surface area contributed by atoms with Crippen molar-refractivity contribution in [1.29, 1.82) is 0 Å². The zero-order valence-corrected chi connectivity index (χ0v) is 16.1. The summed E-state index contributed by atoms with van der Waals surface area (Å²) in [5, 5.41) is 15.2. The number of carbonyl (C=O) groups is 1. The van der Waals surface area contributed by atoms with Crippen molar-refractivity contribution in [2.45, 2.75) is 0 Å². The molecule has 0 bridgehead atoms. The van der Waals surface area contributed by atoms with Crippen LogP contribution in [0.15, 0.2) is 36.4 Å². The lowest BCUT2D eigenvalue weighted by molar-refractivity contribution is -0.384. The van der Waals surface area contributed by atoms with Gasteiger partial charge in [0.1, 0.15) is 5.69 Å².